The van der Waals surface area contributed by atoms with E-state index in [1.165, 1.54) is 31.7 Å². The van der Waals surface area contributed by atoms with Crippen LogP contribution in [0.4, 0.5) is 28.4 Å². The van der Waals surface area contributed by atoms with Crippen LogP contribution in [-0.2, 0) is 20.8 Å². The van der Waals surface area contributed by atoms with E-state index in [1.54, 1.807) is 4.57 Å². The highest BCUT2D eigenvalue weighted by Gasteiger charge is 2.31. The van der Waals surface area contributed by atoms with Gasteiger partial charge in [-0.15, -0.1) is 0 Å². The van der Waals surface area contributed by atoms with Crippen LogP contribution < -0.4 is 41.0 Å². The number of pyridine rings is 1. The van der Waals surface area contributed by atoms with Crippen molar-refractivity contribution in [3.05, 3.63) is 185 Å². The number of aromatic nitrogens is 1. The molecule has 0 spiro atoms. The van der Waals surface area contributed by atoms with Crippen molar-refractivity contribution in [2.24, 2.45) is 10.8 Å². The summed E-state index contributed by atoms with van der Waals surface area (Å²) in [6, 6.07) is 40.3. The van der Waals surface area contributed by atoms with Crippen LogP contribution in [0.5, 0.6) is 5.75 Å². The lowest BCUT2D eigenvalue weighted by Crippen LogP contribution is -2.35. The van der Waals surface area contributed by atoms with Crippen LogP contribution in [0.15, 0.2) is 144 Å². The number of carboxylic acid groups (broad SMARTS) is 1. The van der Waals surface area contributed by atoms with E-state index in [1.807, 2.05) is 115 Å². The minimum absolute atomic E-state index is 0.0691. The number of aliphatic hydroxyl groups is 2. The molecule has 5 aromatic carbocycles. The van der Waals surface area contributed by atoms with Crippen LogP contribution in [0.1, 0.15) is 87.4 Å². The number of aromatic hydroxyl groups is 1. The van der Waals surface area contributed by atoms with Crippen molar-refractivity contribution >= 4 is 103 Å². The van der Waals surface area contributed by atoms with Crippen molar-refractivity contribution in [3.63, 3.8) is 0 Å². The molecule has 93 heavy (non-hydrogen) atoms. The zero-order chi connectivity index (χ0) is 66.9. The summed E-state index contributed by atoms with van der Waals surface area (Å²) in [5, 5.41) is 47.0. The van der Waals surface area contributed by atoms with Gasteiger partial charge in [-0.2, -0.15) is 8.42 Å². The SMILES string of the molecule is CS(=O)(=O)OC[C@@H]1CCCN1c1ccccc1Cl.NC[C@@H]1CCCN1c1ccccc1Cl.O=C(O)c1cn(C[C@@H]2CCCN2c2ccccc2Cl)cc(O)c1=O.OC[C@@H]1CCCN1.OC[C@@H]1CCCN1c1ccccc1Cl.[N-]=[N+]=NC[C@@H]1CCCN1c1ccccc1Cl. The second kappa shape index (κ2) is 37.8. The Labute approximate surface area is 571 Å². The maximum Gasteiger partial charge on any atom is 0.341 e. The molecule has 0 amide bonds. The van der Waals surface area contributed by atoms with E-state index in [4.69, 9.17) is 83.7 Å². The van der Waals surface area contributed by atoms with Crippen molar-refractivity contribution in [2.75, 3.05) is 103 Å². The Morgan fingerprint density at radius 3 is 1.35 bits per heavy atom. The summed E-state index contributed by atoms with van der Waals surface area (Å²) in [4.78, 5) is 36.7. The molecule has 6 saturated heterocycles. The Hall–Kier alpha value is -6.17. The number of aliphatic hydroxyl groups excluding tert-OH is 2. The number of nitrogens with two attached hydrogens (primary N) is 1. The summed E-state index contributed by atoms with van der Waals surface area (Å²) in [5.74, 6) is -1.91. The van der Waals surface area contributed by atoms with E-state index in [0.29, 0.717) is 48.4 Å². The first kappa shape index (κ1) is 74.2. The van der Waals surface area contributed by atoms with Crippen LogP contribution >= 0.6 is 58.0 Å². The Balaban J connectivity index is 0.000000162. The van der Waals surface area contributed by atoms with Gasteiger partial charge in [0.1, 0.15) is 5.56 Å². The normalized spacial score (nSPS) is 20.6. The lowest BCUT2D eigenvalue weighted by molar-refractivity contribution is 0.0693. The summed E-state index contributed by atoms with van der Waals surface area (Å²) in [6.45, 7) is 8.26. The Kier molecular flexibility index (Phi) is 30.2. The second-order valence-corrected chi connectivity index (χ2v) is 27.1. The number of carboxylic acids is 1. The highest BCUT2D eigenvalue weighted by molar-refractivity contribution is 7.86. The van der Waals surface area contributed by atoms with Crippen molar-refractivity contribution in [3.8, 4) is 5.75 Å². The molecular formula is C67H86Cl5N11O9S. The van der Waals surface area contributed by atoms with Gasteiger partial charge < -0.3 is 60.5 Å². The number of hydrogen-bond donors (Lipinski definition) is 6. The van der Waals surface area contributed by atoms with E-state index >= 15 is 0 Å². The van der Waals surface area contributed by atoms with E-state index < -0.39 is 32.8 Å². The number of hydrogen-bond acceptors (Lipinski definition) is 16. The highest BCUT2D eigenvalue weighted by Crippen LogP contribution is 2.36. The van der Waals surface area contributed by atoms with Gasteiger partial charge in [0, 0.05) is 93.8 Å². The molecular weight excluding hydrogens is 1310 g/mol. The van der Waals surface area contributed by atoms with E-state index in [2.05, 4.69) is 45.9 Å². The van der Waals surface area contributed by atoms with Crippen LogP contribution in [-0.4, -0.2) is 154 Å². The quantitative estimate of drug-likeness (QED) is 0.0228. The Morgan fingerprint density at radius 1 is 0.591 bits per heavy atom. The standard InChI is InChI=1S/C17H17ClN2O4.C12H16ClNO3S.C11H13ClN4.C11H15ClN2.C11H14ClNO.C5H11NO/c18-13-5-1-2-6-14(13)20-7-3-4-11(20)8-19-9-12(17(23)24)16(22)15(21)10-19;1-18(15,16)17-9-10-5-4-8-14(10)12-7-3-2-6-11(12)13;12-10-5-1-2-6-11(10)16-7-3-4-9(16)8-14-15-13;12-10-5-1-2-6-11(10)14-7-3-4-9(14)8-13;12-10-5-1-2-6-11(10)13-7-3-4-9(13)8-14;7-4-5-2-1-3-6-5/h1-2,5-6,9-11,21H,3-4,7-8H2,(H,23,24);2-3,6-7,10H,4-5,8-9H2,1H3;1-2,5-6,9H,3-4,7-8H2;1-2,5-6,9H,3-4,7-8,13H2;1-2,5-6,9,14H,3-4,7-8H2;5-7H,1-4H2/t11-;10-;3*9-;5-/m000000/s1. The fourth-order valence-corrected chi connectivity index (χ4v) is 14.2. The smallest absolute Gasteiger partial charge is 0.341 e. The third-order valence-corrected chi connectivity index (χ3v) is 19.3. The molecule has 7 heterocycles. The topological polar surface area (TPSA) is 266 Å². The predicted octanol–water partition coefficient (Wildman–Crippen LogP) is 12.8. The number of para-hydroxylation sites is 5. The molecule has 26 heteroatoms. The van der Waals surface area contributed by atoms with Crippen molar-refractivity contribution in [2.45, 2.75) is 120 Å². The largest absolute Gasteiger partial charge is 0.503 e. The van der Waals surface area contributed by atoms with Gasteiger partial charge in [0.2, 0.25) is 5.43 Å². The minimum Gasteiger partial charge on any atom is -0.503 e. The number of rotatable bonds is 16. The molecule has 6 aromatic rings. The molecule has 0 saturated carbocycles. The van der Waals surface area contributed by atoms with E-state index in [9.17, 15) is 28.2 Å². The van der Waals surface area contributed by atoms with Gasteiger partial charge in [-0.3, -0.25) is 8.98 Å². The lowest BCUT2D eigenvalue weighted by Gasteiger charge is -2.28. The number of benzene rings is 5. The monoisotopic (exact) mass is 1400 g/mol. The predicted molar refractivity (Wildman–Crippen MR) is 377 cm³/mol. The van der Waals surface area contributed by atoms with Gasteiger partial charge in [-0.25, -0.2) is 4.79 Å². The molecule has 7 N–H and O–H groups in total. The Bertz CT molecular complexity index is 3490. The van der Waals surface area contributed by atoms with Crippen LogP contribution in [0.3, 0.4) is 0 Å². The Morgan fingerprint density at radius 2 is 0.978 bits per heavy atom. The molecule has 6 aliphatic rings. The van der Waals surface area contributed by atoms with Gasteiger partial charge in [0.05, 0.1) is 91.7 Å². The molecule has 0 aliphatic carbocycles. The molecule has 12 rings (SSSR count). The average Bonchev–Trinajstić information content (AvgIpc) is 1.88. The molecule has 1 aromatic heterocycles. The van der Waals surface area contributed by atoms with E-state index in [-0.39, 0.29) is 37.4 Å². The second-order valence-electron chi connectivity index (χ2n) is 23.4. The van der Waals surface area contributed by atoms with Crippen molar-refractivity contribution in [1.82, 2.24) is 9.88 Å². The number of halogens is 5. The van der Waals surface area contributed by atoms with Gasteiger partial charge in [0.15, 0.2) is 5.75 Å². The molecule has 20 nitrogen and oxygen atoms in total. The molecule has 0 radical (unpaired) electrons. The molecule has 504 valence electrons. The summed E-state index contributed by atoms with van der Waals surface area (Å²) < 4.78 is 28.5. The molecule has 0 bridgehead atoms. The first-order valence-electron chi connectivity index (χ1n) is 31.6. The van der Waals surface area contributed by atoms with E-state index in [0.717, 1.165) is 147 Å². The minimum atomic E-state index is -3.39. The highest BCUT2D eigenvalue weighted by atomic mass is 35.5. The van der Waals surface area contributed by atoms with Crippen LogP contribution in [0.25, 0.3) is 10.4 Å². The fourth-order valence-electron chi connectivity index (χ4n) is 12.5. The number of carbonyl (C=O) groups is 1. The number of nitrogens with one attached hydrogen (secondary N) is 1. The van der Waals surface area contributed by atoms with Gasteiger partial charge >= 0.3 is 5.97 Å². The summed E-state index contributed by atoms with van der Waals surface area (Å²) in [5.41, 5.74) is 17.9. The summed E-state index contributed by atoms with van der Waals surface area (Å²) in [7, 11) is -3.39. The third kappa shape index (κ3) is 21.9. The first-order chi connectivity index (χ1) is 44.9. The average molecular weight is 1400 g/mol. The number of nitrogens with zero attached hydrogens (tertiary/aromatic N) is 9. The van der Waals surface area contributed by atoms with Crippen LogP contribution in [0.2, 0.25) is 25.1 Å². The molecule has 6 aliphatic heterocycles. The number of anilines is 5. The fraction of sp³-hybridized carbons (Fsp3) is 0.463. The third-order valence-electron chi connectivity index (χ3n) is 17.1. The zero-order valence-electron chi connectivity index (χ0n) is 52.4. The molecule has 0 unspecified atom stereocenters. The van der Waals surface area contributed by atoms with Gasteiger partial charge in [-0.1, -0.05) is 124 Å². The van der Waals surface area contributed by atoms with Crippen molar-refractivity contribution < 1.29 is 37.8 Å². The number of aromatic carboxylic acids is 1. The summed E-state index contributed by atoms with van der Waals surface area (Å²) in [6.07, 6.45) is 16.6. The zero-order valence-corrected chi connectivity index (χ0v) is 57.0. The first-order valence-corrected chi connectivity index (χ1v) is 35.3. The molecule has 6 atom stereocenters. The maximum absolute atomic E-state index is 11.7. The van der Waals surface area contributed by atoms with Gasteiger partial charge in [-0.05, 0) is 150 Å². The number of azide groups is 1. The van der Waals surface area contributed by atoms with Crippen molar-refractivity contribution in [1.29, 1.82) is 0 Å². The van der Waals surface area contributed by atoms with Gasteiger partial charge in [0.25, 0.3) is 10.1 Å². The van der Waals surface area contributed by atoms with Crippen LogP contribution in [0, 0.1) is 0 Å². The lowest BCUT2D eigenvalue weighted by atomic mass is 10.2. The summed E-state index contributed by atoms with van der Waals surface area (Å²) >= 11 is 30.8. The molecule has 6 fully saturated rings. The maximum atomic E-state index is 11.7.